The number of ether oxygens (including phenoxy) is 3. The Morgan fingerprint density at radius 2 is 1.15 bits per heavy atom. The fourth-order valence-electron chi connectivity index (χ4n) is 7.87. The maximum Gasteiger partial charge on any atom is 0.0908 e. The molecule has 3 nitrogen and oxygen atoms in total. The average Bonchev–Trinajstić information content (AvgIpc) is 3.91. The summed E-state index contributed by atoms with van der Waals surface area (Å²) in [4.78, 5) is 0. The monoisotopic (exact) mass is 690 g/mol. The van der Waals surface area contributed by atoms with Crippen LogP contribution in [0, 0.1) is 11.8 Å². The van der Waals surface area contributed by atoms with Gasteiger partial charge in [-0.25, -0.2) is 0 Å². The van der Waals surface area contributed by atoms with Crippen molar-refractivity contribution in [3.63, 3.8) is 0 Å². The molecule has 2 aliphatic carbocycles. The second-order valence-electron chi connectivity index (χ2n) is 15.5. The second kappa shape index (κ2) is 28.5. The SMILES string of the molecule is C1=COCC1.C=CC(=C)C.CC1=CCC2CCOC2C1.CC1=CCC2OCCC2C1.[B][B]B(B([B])[B])B(B([B])[B])B(B(B([B])[B])B([B])[B])B(B([B])[B])B([B])[B]. The van der Waals surface area contributed by atoms with Gasteiger partial charge < -0.3 is 14.2 Å². The first-order valence-corrected chi connectivity index (χ1v) is 19.6. The number of hydrogen-bond donors (Lipinski definition) is 0. The van der Waals surface area contributed by atoms with Crippen LogP contribution in [-0.4, -0.2) is 210 Å². The van der Waals surface area contributed by atoms with Gasteiger partial charge in [0, 0.05) is 198 Å². The largest absolute Gasteiger partial charge is 0.501 e. The highest BCUT2D eigenvalue weighted by atomic mass is 16.5. The predicted octanol–water partition coefficient (Wildman–Crippen LogP) is -2.59. The van der Waals surface area contributed by atoms with E-state index in [0.29, 0.717) is 12.2 Å². The third kappa shape index (κ3) is 19.3. The molecule has 55 heavy (non-hydrogen) atoms. The zero-order valence-electron chi connectivity index (χ0n) is 33.8. The van der Waals surface area contributed by atoms with Crippen molar-refractivity contribution in [3.8, 4) is 0 Å². The molecule has 0 N–H and O–H groups in total. The first-order valence-electron chi connectivity index (χ1n) is 19.6. The third-order valence-electron chi connectivity index (χ3n) is 10.9. The molecule has 3 heterocycles. The van der Waals surface area contributed by atoms with Crippen LogP contribution in [0.5, 0.6) is 0 Å². The van der Waals surface area contributed by atoms with Crippen LogP contribution in [0.1, 0.15) is 65.7 Å². The Kier molecular flexibility index (Phi) is 27.5. The molecule has 2 fully saturated rings. The molecule has 27 radical (unpaired) electrons. The van der Waals surface area contributed by atoms with Gasteiger partial charge >= 0.3 is 0 Å². The third-order valence-corrected chi connectivity index (χ3v) is 10.9. The molecule has 5 rings (SSSR count). The van der Waals surface area contributed by atoms with Crippen LogP contribution in [0.15, 0.2) is 60.4 Å². The maximum atomic E-state index is 5.99. The molecule has 5 aliphatic rings. The van der Waals surface area contributed by atoms with Gasteiger partial charge in [-0.2, -0.15) is 0 Å². The van der Waals surface area contributed by atoms with E-state index in [1.54, 1.807) is 17.9 Å². The minimum atomic E-state index is -0.960. The zero-order valence-corrected chi connectivity index (χ0v) is 33.8. The minimum Gasteiger partial charge on any atom is -0.501 e. The lowest BCUT2D eigenvalue weighted by Crippen LogP contribution is -2.85. The molecule has 0 saturated carbocycles. The molecule has 0 spiro atoms. The molecule has 3 aliphatic heterocycles. The second-order valence-corrected chi connectivity index (χ2v) is 15.5. The topological polar surface area (TPSA) is 27.7 Å². The smallest absolute Gasteiger partial charge is 0.0908 e. The van der Waals surface area contributed by atoms with Crippen molar-refractivity contribution in [2.45, 2.75) is 77.9 Å². The van der Waals surface area contributed by atoms with Crippen molar-refractivity contribution >= 4 is 178 Å². The zero-order chi connectivity index (χ0) is 41.8. The van der Waals surface area contributed by atoms with Crippen LogP contribution in [-0.2, 0) is 14.2 Å². The van der Waals surface area contributed by atoms with E-state index in [1.807, 2.05) is 13.0 Å². The minimum absolute atomic E-state index is 0.573. The summed E-state index contributed by atoms with van der Waals surface area (Å²) in [7, 11) is 77.9. The average molecular weight is 685 g/mol. The highest BCUT2D eigenvalue weighted by Crippen LogP contribution is 2.34. The van der Waals surface area contributed by atoms with E-state index < -0.39 is 70.2 Å². The Morgan fingerprint density at radius 3 is 1.55 bits per heavy atom. The fraction of sp³-hybridized carbons (Fsp3) is 0.630. The summed E-state index contributed by atoms with van der Waals surface area (Å²) < 4.78 is 15.9. The van der Waals surface area contributed by atoms with Crippen LogP contribution in [0.25, 0.3) is 0 Å². The molecule has 4 unspecified atom stereocenters. The van der Waals surface area contributed by atoms with Gasteiger partial charge in [-0.05, 0) is 77.2 Å². The van der Waals surface area contributed by atoms with Crippen molar-refractivity contribution in [1.82, 2.24) is 0 Å². The van der Waals surface area contributed by atoms with Gasteiger partial charge in [-0.1, -0.05) is 48.1 Å². The summed E-state index contributed by atoms with van der Waals surface area (Å²) >= 11 is 0. The van der Waals surface area contributed by atoms with E-state index in [1.165, 1.54) is 44.7 Å². The Bertz CT molecular complexity index is 1110. The van der Waals surface area contributed by atoms with Crippen molar-refractivity contribution in [3.05, 3.63) is 60.4 Å². The maximum absolute atomic E-state index is 5.99. The van der Waals surface area contributed by atoms with Crippen LogP contribution in [0.2, 0.25) is 0 Å². The molecule has 28 heteroatoms. The first kappa shape index (κ1) is 53.1. The molecule has 0 aromatic carbocycles. The summed E-state index contributed by atoms with van der Waals surface area (Å²) in [5.41, 5.74) is 4.10. The van der Waals surface area contributed by atoms with Gasteiger partial charge in [0.15, 0.2) is 0 Å². The summed E-state index contributed by atoms with van der Waals surface area (Å²) in [5, 5.41) is 0. The van der Waals surface area contributed by atoms with E-state index >= 15 is 0 Å². The van der Waals surface area contributed by atoms with Crippen LogP contribution in [0.4, 0.5) is 0 Å². The summed E-state index contributed by atoms with van der Waals surface area (Å²) in [6.45, 7) is 16.2. The van der Waals surface area contributed by atoms with Crippen molar-refractivity contribution in [2.75, 3.05) is 19.8 Å². The number of rotatable bonds is 12. The van der Waals surface area contributed by atoms with Crippen molar-refractivity contribution in [1.29, 1.82) is 0 Å². The quantitative estimate of drug-likeness (QED) is 0.129. The summed E-state index contributed by atoms with van der Waals surface area (Å²) in [6, 6.07) is 0. The summed E-state index contributed by atoms with van der Waals surface area (Å²) in [6.07, 6.45) is 10.7. The van der Waals surface area contributed by atoms with Crippen LogP contribution >= 0.6 is 0 Å². The van der Waals surface area contributed by atoms with Crippen molar-refractivity contribution < 1.29 is 14.2 Å². The Balaban J connectivity index is 0.000000404. The van der Waals surface area contributed by atoms with Gasteiger partial charge in [0.1, 0.15) is 0 Å². The predicted molar refractivity (Wildman–Crippen MR) is 270 cm³/mol. The molecular weight excluding hydrogens is 643 g/mol. The molecule has 0 aromatic heterocycles. The van der Waals surface area contributed by atoms with E-state index in [-0.39, 0.29) is 0 Å². The molecule has 0 amide bonds. The molecular formula is C27H42B25O3. The highest BCUT2D eigenvalue weighted by molar-refractivity contribution is 8.24. The molecule has 243 valence electrons. The van der Waals surface area contributed by atoms with Gasteiger partial charge in [-0.15, -0.1) is 0 Å². The first-order chi connectivity index (χ1) is 25.9. The highest BCUT2D eigenvalue weighted by Gasteiger charge is 2.48. The molecule has 2 saturated heterocycles. The summed E-state index contributed by atoms with van der Waals surface area (Å²) in [5.74, 6) is 1.70. The van der Waals surface area contributed by atoms with E-state index in [2.05, 4.69) is 39.2 Å². The van der Waals surface area contributed by atoms with E-state index in [0.717, 1.165) is 50.1 Å². The lowest BCUT2D eigenvalue weighted by atomic mass is 8.35. The Morgan fingerprint density at radius 1 is 0.673 bits per heavy atom. The van der Waals surface area contributed by atoms with Gasteiger partial charge in [0.2, 0.25) is 0 Å². The number of hydrogen-bond acceptors (Lipinski definition) is 3. The Labute approximate surface area is 360 Å². The van der Waals surface area contributed by atoms with Gasteiger partial charge in [-0.3, -0.25) is 0 Å². The van der Waals surface area contributed by atoms with E-state index in [9.17, 15) is 0 Å². The fourth-order valence-corrected chi connectivity index (χ4v) is 7.87. The van der Waals surface area contributed by atoms with E-state index in [4.69, 9.17) is 115 Å². The lowest BCUT2D eigenvalue weighted by molar-refractivity contribution is 0.0877. The molecule has 0 bridgehead atoms. The van der Waals surface area contributed by atoms with Gasteiger partial charge in [0.25, 0.3) is 0 Å². The number of fused-ring (bicyclic) bond motifs is 2. The van der Waals surface area contributed by atoms with Crippen LogP contribution < -0.4 is 0 Å². The normalized spacial score (nSPS) is 20.8. The lowest BCUT2D eigenvalue weighted by Gasteiger charge is -2.47. The number of allylic oxidation sites excluding steroid dienone is 4. The standard InChI is InChI=1S/2C9H14O.C5H8.C4H6O.B25/c1-7-2-3-9-8(6-7)4-5-10-9;1-7-2-3-8-4-5-10-9(8)6-7;1-4-5(2)3;1-2-4-5-3-1;1-14-21(15(2)3)24(20(12)13)25(22(16(4)5)17(6)7)23(18(8)9)19(10)11/h2*2,8-9H,3-6H2,1H3;4H,1-2H2,3H3;1,3H,2,4H2;. The molecule has 0 aromatic rings. The van der Waals surface area contributed by atoms with Crippen molar-refractivity contribution in [2.24, 2.45) is 11.8 Å². The van der Waals surface area contributed by atoms with Gasteiger partial charge in [0.05, 0.1) is 25.1 Å². The Hall–Kier alpha value is 0.0434. The molecule has 4 atom stereocenters. The van der Waals surface area contributed by atoms with Crippen LogP contribution in [0.3, 0.4) is 0 Å².